The van der Waals surface area contributed by atoms with Gasteiger partial charge in [0.2, 0.25) is 0 Å². The second kappa shape index (κ2) is 41.3. The molecule has 123 heavy (non-hydrogen) atoms. The van der Waals surface area contributed by atoms with Crippen LogP contribution < -0.4 is 0 Å². The summed E-state index contributed by atoms with van der Waals surface area (Å²) in [6, 6.07) is 75.1. The molecule has 7 aliphatic carbocycles. The van der Waals surface area contributed by atoms with Gasteiger partial charge in [0.15, 0.2) is 0 Å². The maximum Gasteiger partial charge on any atom is 0.131 e. The lowest BCUT2D eigenvalue weighted by molar-refractivity contribution is 0.445. The van der Waals surface area contributed by atoms with Gasteiger partial charge >= 0.3 is 0 Å². The topological polar surface area (TPSA) is 0 Å². The van der Waals surface area contributed by atoms with E-state index >= 15 is 0 Å². The third-order valence-electron chi connectivity index (χ3n) is 29.5. The summed E-state index contributed by atoms with van der Waals surface area (Å²) in [6.07, 6.45) is 42.3. The standard InChI is InChI=1S/4C18H22.C17H20.2C16H17F/c1-12-8-16-10-13(2)14(3)11-18(16)17(9-12)15-6-4-5-7-15;1-13-11-16-10-6-7-14(2)18(16)17(12-13)15-8-4-3-5-9-15;1-13-8-9-16-10-14(2)12-17(18(16)11-13)15-6-4-3-5-7-15;1-13-8-9-17-16(10-13)11-14(2)12-18(17)15-6-4-3-5-7-15;1-12-7-8-16-15(9-12)10-13(2)11-17(16)14-5-3-4-6-14;1-11-9-13-7-4-8-15(17)16(13)14(10-11)12-5-2-3-6-12;1-11-8-13-6-7-14(17)10-16(13)15(9-11)12-4-2-3-5-12/h8-11,15H,4-7H2,1-3H3;6-7,10-12,15H,3-5,8-9H2,1-2H3;2*8-12,15H,3-7H2,1-2H3;7-11,14H,3-6H2,1-2H3;4,7-10,12H,2-3,5-6H2,1H3;6-10,12H,2-5H2,1H3. The van der Waals surface area contributed by atoms with Gasteiger partial charge in [0.1, 0.15) is 11.6 Å². The van der Waals surface area contributed by atoms with E-state index in [1.165, 1.54) is 342 Å². The van der Waals surface area contributed by atoms with Crippen molar-refractivity contribution in [1.29, 1.82) is 0 Å². The fourth-order valence-corrected chi connectivity index (χ4v) is 23.2. The second-order valence-corrected chi connectivity index (χ2v) is 39.6. The zero-order valence-corrected chi connectivity index (χ0v) is 77.3. The van der Waals surface area contributed by atoms with Crippen molar-refractivity contribution in [2.75, 3.05) is 0 Å². The van der Waals surface area contributed by atoms with Gasteiger partial charge < -0.3 is 0 Å². The molecule has 0 aromatic heterocycles. The lowest BCUT2D eigenvalue weighted by Crippen LogP contribution is -2.06. The fourth-order valence-electron chi connectivity index (χ4n) is 23.2. The smallest absolute Gasteiger partial charge is 0.131 e. The highest BCUT2D eigenvalue weighted by molar-refractivity contribution is 5.93. The van der Waals surface area contributed by atoms with Gasteiger partial charge in [-0.15, -0.1) is 0 Å². The summed E-state index contributed by atoms with van der Waals surface area (Å²) >= 11 is 0. The Balaban J connectivity index is 0.000000111. The largest absolute Gasteiger partial charge is 0.207 e. The molecule has 7 saturated carbocycles. The normalized spacial score (nSPS) is 17.0. The SMILES string of the molecule is Cc1cc(C2CCCC2)c2c(F)cccc2c1.Cc1cc(C2CCCC2)c2cc(C)c(C)cc2c1.Cc1cc(C2CCCC2)c2cc(F)ccc2c1.Cc1cc(C2CCCCC2)c2c(C)cccc2c1.Cc1cc(C2CCCCC2)c2cc(C)ccc2c1.Cc1ccc2c(C3CCCC3)cc(C)cc2c1.Cc1ccc2c(C3CCCCC3)cc(C)cc2c1. The summed E-state index contributed by atoms with van der Waals surface area (Å²) in [7, 11) is 0. The number of rotatable bonds is 7. The maximum absolute atomic E-state index is 14.0. The number of benzene rings is 14. The van der Waals surface area contributed by atoms with Crippen LogP contribution in [0.5, 0.6) is 0 Å². The highest BCUT2D eigenvalue weighted by Gasteiger charge is 2.27. The molecule has 0 aliphatic heterocycles. The first kappa shape index (κ1) is 88.6. The van der Waals surface area contributed by atoms with Gasteiger partial charge in [-0.25, -0.2) is 8.78 Å². The molecule has 0 unspecified atom stereocenters. The zero-order chi connectivity index (χ0) is 85.8. The van der Waals surface area contributed by atoms with Crippen molar-refractivity contribution >= 4 is 75.4 Å². The molecular weight excluding hydrogens is 1490 g/mol. The van der Waals surface area contributed by atoms with Gasteiger partial charge in [-0.2, -0.15) is 0 Å². The lowest BCUT2D eigenvalue weighted by Gasteiger charge is -2.24. The van der Waals surface area contributed by atoms with Crippen LogP contribution in [0.1, 0.15) is 352 Å². The van der Waals surface area contributed by atoms with Gasteiger partial charge in [-0.1, -0.05) is 353 Å². The molecule has 0 saturated heterocycles. The molecule has 0 bridgehead atoms. The monoisotopic (exact) mass is 1630 g/mol. The Labute approximate surface area is 738 Å². The van der Waals surface area contributed by atoms with E-state index in [1.54, 1.807) is 52.1 Å². The molecule has 14 aromatic rings. The first-order valence-electron chi connectivity index (χ1n) is 48.5. The van der Waals surface area contributed by atoms with E-state index in [9.17, 15) is 8.78 Å². The molecule has 2 heteroatoms. The van der Waals surface area contributed by atoms with Gasteiger partial charge in [0.25, 0.3) is 0 Å². The lowest BCUT2D eigenvalue weighted by atomic mass is 9.80. The third kappa shape index (κ3) is 22.0. The van der Waals surface area contributed by atoms with Crippen molar-refractivity contribution in [2.24, 2.45) is 0 Å². The minimum atomic E-state index is -0.124. The van der Waals surface area contributed by atoms with Gasteiger partial charge in [-0.3, -0.25) is 0 Å². The van der Waals surface area contributed by atoms with Crippen molar-refractivity contribution in [3.05, 3.63) is 329 Å². The minimum Gasteiger partial charge on any atom is -0.207 e. The summed E-state index contributed by atoms with van der Waals surface area (Å²) < 4.78 is 27.4. The third-order valence-corrected chi connectivity index (χ3v) is 29.5. The van der Waals surface area contributed by atoms with Crippen LogP contribution in [-0.4, -0.2) is 0 Å². The van der Waals surface area contributed by atoms with E-state index < -0.39 is 0 Å². The number of hydrogen-bond acceptors (Lipinski definition) is 0. The first-order chi connectivity index (χ1) is 59.6. The summed E-state index contributed by atoms with van der Waals surface area (Å²) in [6.45, 7) is 28.6. The van der Waals surface area contributed by atoms with Crippen LogP contribution in [0.15, 0.2) is 206 Å². The van der Waals surface area contributed by atoms with E-state index in [1.807, 2.05) is 12.1 Å². The van der Waals surface area contributed by atoms with Crippen molar-refractivity contribution in [3.63, 3.8) is 0 Å². The van der Waals surface area contributed by atoms with E-state index in [2.05, 4.69) is 260 Å². The molecule has 7 aliphatic rings. The minimum absolute atomic E-state index is 0.0654. The van der Waals surface area contributed by atoms with Crippen LogP contribution in [0.4, 0.5) is 8.78 Å². The number of aryl methyl sites for hydroxylation is 13. The van der Waals surface area contributed by atoms with Gasteiger partial charge in [-0.05, 0) is 365 Å². The van der Waals surface area contributed by atoms with Crippen LogP contribution in [0.25, 0.3) is 75.4 Å². The molecule has 0 N–H and O–H groups in total. The van der Waals surface area contributed by atoms with Gasteiger partial charge in [0, 0.05) is 5.39 Å². The maximum atomic E-state index is 14.0. The average molecular weight is 1630 g/mol. The van der Waals surface area contributed by atoms with Crippen molar-refractivity contribution < 1.29 is 8.78 Å². The first-order valence-corrected chi connectivity index (χ1v) is 48.5. The van der Waals surface area contributed by atoms with Crippen molar-refractivity contribution in [2.45, 2.75) is 330 Å². The van der Waals surface area contributed by atoms with Crippen LogP contribution in [0, 0.1) is 102 Å². The summed E-state index contributed by atoms with van der Waals surface area (Å²) in [5.74, 6) is 5.00. The summed E-state index contributed by atoms with van der Waals surface area (Å²) in [5, 5.41) is 18.8. The molecule has 0 spiro atoms. The Kier molecular flexibility index (Phi) is 29.7. The van der Waals surface area contributed by atoms with E-state index in [-0.39, 0.29) is 11.6 Å². The highest BCUT2D eigenvalue weighted by Crippen LogP contribution is 2.46. The number of halogens is 2. The van der Waals surface area contributed by atoms with Crippen LogP contribution >= 0.6 is 0 Å². The Morgan fingerprint density at radius 2 is 0.447 bits per heavy atom. The Hall–Kier alpha value is -9.24. The summed E-state index contributed by atoms with van der Waals surface area (Å²) in [5.41, 5.74) is 28.6. The van der Waals surface area contributed by atoms with Crippen molar-refractivity contribution in [1.82, 2.24) is 0 Å². The Bertz CT molecular complexity index is 5950. The molecule has 21 rings (SSSR count). The molecule has 0 atom stereocenters. The number of hydrogen-bond donors (Lipinski definition) is 0. The van der Waals surface area contributed by atoms with Crippen molar-refractivity contribution in [3.8, 4) is 0 Å². The predicted molar refractivity (Wildman–Crippen MR) is 531 cm³/mol. The molecule has 640 valence electrons. The Morgan fingerprint density at radius 3 is 0.854 bits per heavy atom. The predicted octanol–water partition coefficient (Wildman–Crippen LogP) is 36.9. The highest BCUT2D eigenvalue weighted by atomic mass is 19.1. The molecule has 0 heterocycles. The molecule has 0 nitrogen and oxygen atoms in total. The number of fused-ring (bicyclic) bond motifs is 7. The summed E-state index contributed by atoms with van der Waals surface area (Å²) in [4.78, 5) is 0. The van der Waals surface area contributed by atoms with Crippen LogP contribution in [0.2, 0.25) is 0 Å². The molecule has 0 radical (unpaired) electrons. The van der Waals surface area contributed by atoms with E-state index in [0.29, 0.717) is 11.8 Å². The molecule has 7 fully saturated rings. The van der Waals surface area contributed by atoms with Crippen LogP contribution in [0.3, 0.4) is 0 Å². The van der Waals surface area contributed by atoms with Crippen LogP contribution in [-0.2, 0) is 0 Å². The average Bonchev–Trinajstić information content (AvgIpc) is 1.65. The molecule has 0 amide bonds. The van der Waals surface area contributed by atoms with Gasteiger partial charge in [0.05, 0.1) is 0 Å². The molecular formula is C121H142F2. The molecule has 14 aromatic carbocycles. The second-order valence-electron chi connectivity index (χ2n) is 39.6. The quantitative estimate of drug-likeness (QED) is 0.149. The Morgan fingerprint density at radius 1 is 0.179 bits per heavy atom. The zero-order valence-electron chi connectivity index (χ0n) is 77.3. The fraction of sp³-hybridized carbons (Fsp3) is 0.421. The van der Waals surface area contributed by atoms with E-state index in [0.717, 1.165) is 45.7 Å². The van der Waals surface area contributed by atoms with E-state index in [4.69, 9.17) is 0 Å².